The van der Waals surface area contributed by atoms with Gasteiger partial charge in [-0.15, -0.1) is 0 Å². The third-order valence-electron chi connectivity index (χ3n) is 2.06. The Labute approximate surface area is 88.9 Å². The highest BCUT2D eigenvalue weighted by Gasteiger charge is 2.07. The molecule has 0 fully saturated rings. The lowest BCUT2D eigenvalue weighted by atomic mass is 10.2. The summed E-state index contributed by atoms with van der Waals surface area (Å²) in [5.41, 5.74) is 0.443. The smallest absolute Gasteiger partial charge is 0.251 e. The summed E-state index contributed by atoms with van der Waals surface area (Å²) < 4.78 is 5.00. The Bertz CT molecular complexity index is 338. The summed E-state index contributed by atoms with van der Waals surface area (Å²) in [4.78, 5) is 11.5. The molecule has 0 heterocycles. The second-order valence-corrected chi connectivity index (χ2v) is 3.31. The van der Waals surface area contributed by atoms with Gasteiger partial charge < -0.3 is 15.2 Å². The molecule has 4 nitrogen and oxygen atoms in total. The maximum Gasteiger partial charge on any atom is 0.251 e. The van der Waals surface area contributed by atoms with E-state index >= 15 is 0 Å². The molecule has 1 atom stereocenters. The van der Waals surface area contributed by atoms with Crippen molar-refractivity contribution in [3.8, 4) is 5.75 Å². The van der Waals surface area contributed by atoms with Gasteiger partial charge in [0.15, 0.2) is 0 Å². The molecule has 0 saturated carbocycles. The molecule has 1 aromatic rings. The Balaban J connectivity index is 2.54. The molecule has 0 aromatic heterocycles. The van der Waals surface area contributed by atoms with Crippen LogP contribution in [0, 0.1) is 0 Å². The van der Waals surface area contributed by atoms with Crippen molar-refractivity contribution >= 4 is 5.91 Å². The highest BCUT2D eigenvalue weighted by Crippen LogP contribution is 2.10. The van der Waals surface area contributed by atoms with Crippen molar-refractivity contribution in [3.63, 3.8) is 0 Å². The number of phenols is 1. The zero-order valence-corrected chi connectivity index (χ0v) is 8.86. The number of carbonyl (C=O) groups excluding carboxylic acids is 1. The van der Waals surface area contributed by atoms with Gasteiger partial charge in [-0.25, -0.2) is 0 Å². The number of carbonyl (C=O) groups is 1. The number of ether oxygens (including phenoxy) is 1. The molecule has 0 spiro atoms. The molecule has 0 saturated heterocycles. The fourth-order valence-corrected chi connectivity index (χ4v) is 1.07. The van der Waals surface area contributed by atoms with Crippen molar-refractivity contribution < 1.29 is 14.6 Å². The molecule has 1 amide bonds. The van der Waals surface area contributed by atoms with E-state index in [1.807, 2.05) is 6.92 Å². The Kier molecular flexibility index (Phi) is 4.12. The zero-order valence-electron chi connectivity index (χ0n) is 8.86. The van der Waals surface area contributed by atoms with Crippen LogP contribution in [0.25, 0.3) is 0 Å². The second-order valence-electron chi connectivity index (χ2n) is 3.31. The zero-order chi connectivity index (χ0) is 11.3. The van der Waals surface area contributed by atoms with Crippen LogP contribution < -0.4 is 5.32 Å². The SMILES string of the molecule is COC(C)CNC(=O)c1cccc(O)c1. The highest BCUT2D eigenvalue weighted by molar-refractivity contribution is 5.94. The van der Waals surface area contributed by atoms with Crippen LogP contribution in [0.4, 0.5) is 0 Å². The number of hydrogen-bond donors (Lipinski definition) is 2. The van der Waals surface area contributed by atoms with Crippen LogP contribution in [0.5, 0.6) is 5.75 Å². The average Bonchev–Trinajstić information content (AvgIpc) is 2.25. The minimum Gasteiger partial charge on any atom is -0.508 e. The summed E-state index contributed by atoms with van der Waals surface area (Å²) in [6.45, 7) is 2.31. The number of rotatable bonds is 4. The van der Waals surface area contributed by atoms with Crippen LogP contribution in [0.15, 0.2) is 24.3 Å². The van der Waals surface area contributed by atoms with Gasteiger partial charge in [-0.05, 0) is 25.1 Å². The van der Waals surface area contributed by atoms with Crippen LogP contribution >= 0.6 is 0 Å². The molecule has 0 bridgehead atoms. The molecule has 2 N–H and O–H groups in total. The number of nitrogens with one attached hydrogen (secondary N) is 1. The van der Waals surface area contributed by atoms with E-state index in [0.29, 0.717) is 12.1 Å². The van der Waals surface area contributed by atoms with Gasteiger partial charge in [-0.3, -0.25) is 4.79 Å². The summed E-state index contributed by atoms with van der Waals surface area (Å²) in [6, 6.07) is 6.22. The molecule has 1 aromatic carbocycles. The topological polar surface area (TPSA) is 58.6 Å². The van der Waals surface area contributed by atoms with Gasteiger partial charge in [-0.1, -0.05) is 6.07 Å². The second kappa shape index (κ2) is 5.36. The fraction of sp³-hybridized carbons (Fsp3) is 0.364. The van der Waals surface area contributed by atoms with Crippen LogP contribution in [-0.4, -0.2) is 30.8 Å². The van der Waals surface area contributed by atoms with Crippen molar-refractivity contribution in [3.05, 3.63) is 29.8 Å². The highest BCUT2D eigenvalue weighted by atomic mass is 16.5. The van der Waals surface area contributed by atoms with E-state index in [-0.39, 0.29) is 17.8 Å². The standard InChI is InChI=1S/C11H15NO3/c1-8(15-2)7-12-11(14)9-4-3-5-10(13)6-9/h3-6,8,13H,7H2,1-2H3,(H,12,14). The maximum atomic E-state index is 11.5. The van der Waals surface area contributed by atoms with Gasteiger partial charge in [0.05, 0.1) is 6.10 Å². The summed E-state index contributed by atoms with van der Waals surface area (Å²) in [5.74, 6) is -0.128. The Morgan fingerprint density at radius 2 is 2.33 bits per heavy atom. The van der Waals surface area contributed by atoms with E-state index in [9.17, 15) is 9.90 Å². The molecule has 0 aliphatic carbocycles. The van der Waals surface area contributed by atoms with E-state index in [1.165, 1.54) is 12.1 Å². The van der Waals surface area contributed by atoms with E-state index in [1.54, 1.807) is 19.2 Å². The largest absolute Gasteiger partial charge is 0.508 e. The first-order chi connectivity index (χ1) is 7.13. The lowest BCUT2D eigenvalue weighted by Crippen LogP contribution is -2.31. The quantitative estimate of drug-likeness (QED) is 0.782. The van der Waals surface area contributed by atoms with Crippen LogP contribution in [0.3, 0.4) is 0 Å². The van der Waals surface area contributed by atoms with Crippen molar-refractivity contribution in [1.29, 1.82) is 0 Å². The maximum absolute atomic E-state index is 11.5. The average molecular weight is 209 g/mol. The number of phenolic OH excluding ortho intramolecular Hbond substituents is 1. The predicted octanol–water partition coefficient (Wildman–Crippen LogP) is 1.16. The van der Waals surface area contributed by atoms with Crippen molar-refractivity contribution in [2.75, 3.05) is 13.7 Å². The lowest BCUT2D eigenvalue weighted by molar-refractivity contribution is 0.0870. The fourth-order valence-electron chi connectivity index (χ4n) is 1.07. The minimum atomic E-state index is -0.213. The van der Waals surface area contributed by atoms with E-state index in [2.05, 4.69) is 5.32 Å². The molecule has 1 rings (SSSR count). The summed E-state index contributed by atoms with van der Waals surface area (Å²) in [5, 5.41) is 11.9. The summed E-state index contributed by atoms with van der Waals surface area (Å²) in [6.07, 6.45) is -0.0220. The molecule has 82 valence electrons. The van der Waals surface area contributed by atoms with Gasteiger partial charge in [0.1, 0.15) is 5.75 Å². The molecule has 15 heavy (non-hydrogen) atoms. The number of amides is 1. The van der Waals surface area contributed by atoms with E-state index < -0.39 is 0 Å². The molecular formula is C11H15NO3. The van der Waals surface area contributed by atoms with Crippen molar-refractivity contribution in [2.24, 2.45) is 0 Å². The Morgan fingerprint density at radius 1 is 1.60 bits per heavy atom. The summed E-state index contributed by atoms with van der Waals surface area (Å²) in [7, 11) is 1.59. The molecule has 4 heteroatoms. The third kappa shape index (κ3) is 3.59. The Hall–Kier alpha value is -1.55. The van der Waals surface area contributed by atoms with Crippen LogP contribution in [0.2, 0.25) is 0 Å². The van der Waals surface area contributed by atoms with Gasteiger partial charge in [0.2, 0.25) is 0 Å². The van der Waals surface area contributed by atoms with Gasteiger partial charge in [0.25, 0.3) is 5.91 Å². The first-order valence-electron chi connectivity index (χ1n) is 4.73. The normalized spacial score (nSPS) is 12.1. The van der Waals surface area contributed by atoms with Gasteiger partial charge in [0, 0.05) is 19.2 Å². The monoisotopic (exact) mass is 209 g/mol. The first-order valence-corrected chi connectivity index (χ1v) is 4.73. The summed E-state index contributed by atoms with van der Waals surface area (Å²) >= 11 is 0. The Morgan fingerprint density at radius 3 is 2.93 bits per heavy atom. The minimum absolute atomic E-state index is 0.0220. The molecular weight excluding hydrogens is 194 g/mol. The molecule has 1 unspecified atom stereocenters. The van der Waals surface area contributed by atoms with Crippen molar-refractivity contribution in [1.82, 2.24) is 5.32 Å². The first kappa shape index (κ1) is 11.5. The van der Waals surface area contributed by atoms with Gasteiger partial charge >= 0.3 is 0 Å². The molecule has 0 radical (unpaired) electrons. The third-order valence-corrected chi connectivity index (χ3v) is 2.06. The van der Waals surface area contributed by atoms with Crippen LogP contribution in [0.1, 0.15) is 17.3 Å². The molecule has 0 aliphatic rings. The number of hydrogen-bond acceptors (Lipinski definition) is 3. The van der Waals surface area contributed by atoms with Gasteiger partial charge in [-0.2, -0.15) is 0 Å². The lowest BCUT2D eigenvalue weighted by Gasteiger charge is -2.10. The number of methoxy groups -OCH3 is 1. The predicted molar refractivity (Wildman–Crippen MR) is 56.9 cm³/mol. The number of aromatic hydroxyl groups is 1. The number of benzene rings is 1. The van der Waals surface area contributed by atoms with Crippen LogP contribution in [-0.2, 0) is 4.74 Å². The van der Waals surface area contributed by atoms with E-state index in [0.717, 1.165) is 0 Å². The van der Waals surface area contributed by atoms with Crippen molar-refractivity contribution in [2.45, 2.75) is 13.0 Å². The van der Waals surface area contributed by atoms with E-state index in [4.69, 9.17) is 4.74 Å². The molecule has 0 aliphatic heterocycles.